The predicted octanol–water partition coefficient (Wildman–Crippen LogP) is 1.49. The molecule has 1 aromatic carbocycles. The van der Waals surface area contributed by atoms with Crippen molar-refractivity contribution in [1.82, 2.24) is 20.5 Å². The number of rotatable bonds is 6. The highest BCUT2D eigenvalue weighted by Crippen LogP contribution is 2.19. The Kier molecular flexibility index (Phi) is 6.17. The van der Waals surface area contributed by atoms with E-state index in [2.05, 4.69) is 20.6 Å². The number of carbonyl (C=O) groups is 1. The van der Waals surface area contributed by atoms with E-state index in [1.165, 1.54) is 12.1 Å². The maximum Gasteiger partial charge on any atom is 0.223 e. The number of amides is 1. The third kappa shape index (κ3) is 4.71. The Morgan fingerprint density at radius 2 is 2.04 bits per heavy atom. The van der Waals surface area contributed by atoms with Crippen molar-refractivity contribution in [3.8, 4) is 0 Å². The Bertz CT molecular complexity index is 723. The third-order valence-corrected chi connectivity index (χ3v) is 3.77. The lowest BCUT2D eigenvalue weighted by molar-refractivity contribution is -0.128. The van der Waals surface area contributed by atoms with Gasteiger partial charge in [-0.3, -0.25) is 9.79 Å². The van der Waals surface area contributed by atoms with E-state index >= 15 is 0 Å². The summed E-state index contributed by atoms with van der Waals surface area (Å²) in [5.41, 5.74) is 1.92. The summed E-state index contributed by atoms with van der Waals surface area (Å²) in [4.78, 5) is 20.3. The van der Waals surface area contributed by atoms with Crippen molar-refractivity contribution in [2.45, 2.75) is 12.8 Å². The molecule has 0 saturated heterocycles. The Balaban J connectivity index is 1.80. The molecule has 24 heavy (non-hydrogen) atoms. The molecule has 7 heteroatoms. The van der Waals surface area contributed by atoms with Crippen molar-refractivity contribution in [1.29, 1.82) is 0 Å². The lowest BCUT2D eigenvalue weighted by Crippen LogP contribution is -2.40. The molecule has 3 N–H and O–H groups in total. The molecule has 0 bridgehead atoms. The molecule has 2 rings (SSSR count). The first kappa shape index (κ1) is 17.8. The summed E-state index contributed by atoms with van der Waals surface area (Å²) in [6.07, 6.45) is 3.10. The van der Waals surface area contributed by atoms with Gasteiger partial charge in [0.1, 0.15) is 5.82 Å². The summed E-state index contributed by atoms with van der Waals surface area (Å²) in [6.45, 7) is 1.22. The topological polar surface area (TPSA) is 72.5 Å². The third-order valence-electron chi connectivity index (χ3n) is 3.77. The van der Waals surface area contributed by atoms with E-state index in [9.17, 15) is 9.18 Å². The minimum atomic E-state index is -0.245. The van der Waals surface area contributed by atoms with Crippen LogP contribution >= 0.6 is 0 Å². The van der Waals surface area contributed by atoms with Gasteiger partial charge in [-0.1, -0.05) is 0 Å². The van der Waals surface area contributed by atoms with E-state index in [0.717, 1.165) is 22.9 Å². The second-order valence-electron chi connectivity index (χ2n) is 5.72. The van der Waals surface area contributed by atoms with Crippen molar-refractivity contribution in [3.05, 3.63) is 35.8 Å². The molecule has 0 saturated carbocycles. The van der Waals surface area contributed by atoms with Crippen LogP contribution in [-0.4, -0.2) is 56.0 Å². The van der Waals surface area contributed by atoms with Gasteiger partial charge in [0.2, 0.25) is 5.91 Å². The standard InChI is InChI=1S/C17H24FN5O/c1-19-17(21-9-7-16(24)23(2)3)20-8-6-12-11-22-15-10-13(18)4-5-14(12)15/h4-5,10-11,22H,6-9H2,1-3H3,(H2,19,20,21). The lowest BCUT2D eigenvalue weighted by atomic mass is 10.1. The first-order chi connectivity index (χ1) is 11.5. The molecule has 0 radical (unpaired) electrons. The maximum atomic E-state index is 13.2. The normalized spacial score (nSPS) is 11.6. The maximum absolute atomic E-state index is 13.2. The summed E-state index contributed by atoms with van der Waals surface area (Å²) in [5, 5.41) is 7.35. The van der Waals surface area contributed by atoms with Crippen molar-refractivity contribution < 1.29 is 9.18 Å². The van der Waals surface area contributed by atoms with E-state index in [1.54, 1.807) is 32.1 Å². The number of halogens is 1. The van der Waals surface area contributed by atoms with Crippen LogP contribution in [0.15, 0.2) is 29.4 Å². The van der Waals surface area contributed by atoms with Crippen LogP contribution in [0.3, 0.4) is 0 Å². The number of nitrogens with zero attached hydrogens (tertiary/aromatic N) is 2. The number of fused-ring (bicyclic) bond motifs is 1. The molecule has 0 atom stereocenters. The van der Waals surface area contributed by atoms with Crippen LogP contribution in [0.4, 0.5) is 4.39 Å². The molecule has 6 nitrogen and oxygen atoms in total. The molecule has 0 aliphatic carbocycles. The lowest BCUT2D eigenvalue weighted by Gasteiger charge is -2.13. The second-order valence-corrected chi connectivity index (χ2v) is 5.72. The van der Waals surface area contributed by atoms with Crippen LogP contribution in [0.25, 0.3) is 10.9 Å². The fourth-order valence-electron chi connectivity index (χ4n) is 2.41. The Labute approximate surface area is 141 Å². The smallest absolute Gasteiger partial charge is 0.223 e. The van der Waals surface area contributed by atoms with Crippen LogP contribution in [0.5, 0.6) is 0 Å². The van der Waals surface area contributed by atoms with Gasteiger partial charge in [-0.15, -0.1) is 0 Å². The van der Waals surface area contributed by atoms with Gasteiger partial charge in [0.25, 0.3) is 0 Å². The minimum Gasteiger partial charge on any atom is -0.361 e. The molecule has 0 aliphatic rings. The van der Waals surface area contributed by atoms with E-state index in [0.29, 0.717) is 25.5 Å². The van der Waals surface area contributed by atoms with Crippen LogP contribution in [0, 0.1) is 5.82 Å². The first-order valence-corrected chi connectivity index (χ1v) is 7.91. The average Bonchev–Trinajstić information content (AvgIpc) is 2.95. The fourth-order valence-corrected chi connectivity index (χ4v) is 2.41. The van der Waals surface area contributed by atoms with Gasteiger partial charge < -0.3 is 20.5 Å². The van der Waals surface area contributed by atoms with Crippen molar-refractivity contribution in [2.75, 3.05) is 34.2 Å². The SMILES string of the molecule is CN=C(NCCC(=O)N(C)C)NCCc1c[nH]c2cc(F)ccc12. The highest BCUT2D eigenvalue weighted by molar-refractivity contribution is 5.83. The molecule has 1 amide bonds. The zero-order valence-electron chi connectivity index (χ0n) is 14.3. The van der Waals surface area contributed by atoms with Gasteiger partial charge in [0.15, 0.2) is 5.96 Å². The zero-order chi connectivity index (χ0) is 17.5. The van der Waals surface area contributed by atoms with E-state index in [1.807, 2.05) is 6.20 Å². The molecule has 0 spiro atoms. The van der Waals surface area contributed by atoms with Crippen molar-refractivity contribution in [2.24, 2.45) is 4.99 Å². The molecular formula is C17H24FN5O. The minimum absolute atomic E-state index is 0.0731. The number of nitrogens with one attached hydrogen (secondary N) is 3. The van der Waals surface area contributed by atoms with E-state index in [4.69, 9.17) is 0 Å². The largest absolute Gasteiger partial charge is 0.361 e. The summed E-state index contributed by atoms with van der Waals surface area (Å²) >= 11 is 0. The van der Waals surface area contributed by atoms with E-state index < -0.39 is 0 Å². The van der Waals surface area contributed by atoms with Gasteiger partial charge in [-0.05, 0) is 30.2 Å². The number of aliphatic imine (C=N–C) groups is 1. The highest BCUT2D eigenvalue weighted by atomic mass is 19.1. The molecule has 0 unspecified atom stereocenters. The van der Waals surface area contributed by atoms with Gasteiger partial charge in [0.05, 0.1) is 0 Å². The van der Waals surface area contributed by atoms with E-state index in [-0.39, 0.29) is 11.7 Å². The summed E-state index contributed by atoms with van der Waals surface area (Å²) in [7, 11) is 5.17. The monoisotopic (exact) mass is 333 g/mol. The van der Waals surface area contributed by atoms with Crippen molar-refractivity contribution >= 4 is 22.8 Å². The van der Waals surface area contributed by atoms with Gasteiger partial charge in [0, 0.05) is 57.8 Å². The summed E-state index contributed by atoms with van der Waals surface area (Å²) < 4.78 is 13.2. The predicted molar refractivity (Wildman–Crippen MR) is 94.6 cm³/mol. The zero-order valence-corrected chi connectivity index (χ0v) is 14.3. The Hall–Kier alpha value is -2.57. The molecule has 0 aliphatic heterocycles. The highest BCUT2D eigenvalue weighted by Gasteiger charge is 2.06. The first-order valence-electron chi connectivity index (χ1n) is 7.91. The molecule has 1 heterocycles. The summed E-state index contributed by atoms with van der Waals surface area (Å²) in [5.74, 6) is 0.488. The number of aromatic amines is 1. The van der Waals surface area contributed by atoms with Crippen LogP contribution in [0.2, 0.25) is 0 Å². The number of hydrogen-bond acceptors (Lipinski definition) is 2. The van der Waals surface area contributed by atoms with Crippen LogP contribution < -0.4 is 10.6 Å². The Morgan fingerprint density at radius 3 is 2.75 bits per heavy atom. The Morgan fingerprint density at radius 1 is 1.29 bits per heavy atom. The fraction of sp³-hybridized carbons (Fsp3) is 0.412. The molecule has 2 aromatic rings. The van der Waals surface area contributed by atoms with Crippen LogP contribution in [-0.2, 0) is 11.2 Å². The number of benzene rings is 1. The summed E-state index contributed by atoms with van der Waals surface area (Å²) in [6, 6.07) is 4.75. The number of carbonyl (C=O) groups excluding carboxylic acids is 1. The van der Waals surface area contributed by atoms with Gasteiger partial charge >= 0.3 is 0 Å². The molecule has 0 fully saturated rings. The second kappa shape index (κ2) is 8.33. The van der Waals surface area contributed by atoms with Crippen molar-refractivity contribution in [3.63, 3.8) is 0 Å². The number of hydrogen-bond donors (Lipinski definition) is 3. The number of aromatic nitrogens is 1. The van der Waals surface area contributed by atoms with Crippen LogP contribution in [0.1, 0.15) is 12.0 Å². The molecule has 130 valence electrons. The molecular weight excluding hydrogens is 309 g/mol. The number of guanidine groups is 1. The average molecular weight is 333 g/mol. The molecule has 1 aromatic heterocycles. The van der Waals surface area contributed by atoms with Gasteiger partial charge in [-0.25, -0.2) is 4.39 Å². The quantitative estimate of drug-likeness (QED) is 0.554. The number of H-pyrrole nitrogens is 1. The van der Waals surface area contributed by atoms with Gasteiger partial charge in [-0.2, -0.15) is 0 Å².